The number of carbonyl (C=O) groups is 1. The quantitative estimate of drug-likeness (QED) is 0.659. The predicted octanol–water partition coefficient (Wildman–Crippen LogP) is 3.58. The SMILES string of the molecule is CCN(C)c1ccnc(-c2ccc(C(=O)N(C)Cc3ccnc(C)c3)cc2)n1. The van der Waals surface area contributed by atoms with Crippen LogP contribution in [-0.2, 0) is 6.54 Å². The first-order valence-electron chi connectivity index (χ1n) is 9.29. The van der Waals surface area contributed by atoms with E-state index in [0.717, 1.165) is 29.2 Å². The number of aromatic nitrogens is 3. The van der Waals surface area contributed by atoms with Gasteiger partial charge in [-0.2, -0.15) is 0 Å². The van der Waals surface area contributed by atoms with Gasteiger partial charge in [-0.25, -0.2) is 9.97 Å². The highest BCUT2D eigenvalue weighted by atomic mass is 16.2. The topological polar surface area (TPSA) is 62.2 Å². The van der Waals surface area contributed by atoms with Crippen LogP contribution >= 0.6 is 0 Å². The zero-order valence-corrected chi connectivity index (χ0v) is 16.8. The second-order valence-electron chi connectivity index (χ2n) is 6.80. The molecule has 1 aromatic carbocycles. The van der Waals surface area contributed by atoms with Gasteiger partial charge >= 0.3 is 0 Å². The van der Waals surface area contributed by atoms with E-state index in [1.807, 2.05) is 56.4 Å². The van der Waals surface area contributed by atoms with Gasteiger partial charge in [0.25, 0.3) is 5.91 Å². The number of pyridine rings is 1. The van der Waals surface area contributed by atoms with Gasteiger partial charge in [0.05, 0.1) is 0 Å². The average molecular weight is 375 g/mol. The summed E-state index contributed by atoms with van der Waals surface area (Å²) in [7, 11) is 3.80. The van der Waals surface area contributed by atoms with Gasteiger partial charge in [-0.15, -0.1) is 0 Å². The van der Waals surface area contributed by atoms with Gasteiger partial charge in [-0.05, 0) is 49.7 Å². The maximum Gasteiger partial charge on any atom is 0.253 e. The number of anilines is 1. The third kappa shape index (κ3) is 4.52. The molecule has 6 nitrogen and oxygen atoms in total. The fourth-order valence-corrected chi connectivity index (χ4v) is 2.89. The minimum absolute atomic E-state index is 0.0265. The minimum Gasteiger partial charge on any atom is -0.360 e. The summed E-state index contributed by atoms with van der Waals surface area (Å²) in [4.78, 5) is 29.7. The van der Waals surface area contributed by atoms with E-state index in [9.17, 15) is 4.79 Å². The summed E-state index contributed by atoms with van der Waals surface area (Å²) in [5, 5.41) is 0. The van der Waals surface area contributed by atoms with Crippen molar-refractivity contribution in [2.45, 2.75) is 20.4 Å². The lowest BCUT2D eigenvalue weighted by Gasteiger charge is -2.18. The standard InChI is InChI=1S/C22H25N5O/c1-5-26(3)20-11-13-24-21(25-20)18-6-8-19(9-7-18)22(28)27(4)15-17-10-12-23-16(2)14-17/h6-14H,5,15H2,1-4H3. The first kappa shape index (κ1) is 19.5. The van der Waals surface area contributed by atoms with E-state index in [1.54, 1.807) is 24.3 Å². The molecule has 0 aliphatic heterocycles. The molecule has 3 aromatic rings. The van der Waals surface area contributed by atoms with E-state index in [4.69, 9.17) is 0 Å². The summed E-state index contributed by atoms with van der Waals surface area (Å²) in [6.45, 7) is 5.43. The number of carbonyl (C=O) groups excluding carboxylic acids is 1. The number of benzene rings is 1. The smallest absolute Gasteiger partial charge is 0.253 e. The lowest BCUT2D eigenvalue weighted by atomic mass is 10.1. The number of rotatable bonds is 6. The van der Waals surface area contributed by atoms with Crippen LogP contribution in [0.5, 0.6) is 0 Å². The Hall–Kier alpha value is -3.28. The molecule has 2 aromatic heterocycles. The molecule has 144 valence electrons. The molecule has 0 radical (unpaired) electrons. The lowest BCUT2D eigenvalue weighted by Crippen LogP contribution is -2.26. The van der Waals surface area contributed by atoms with Gasteiger partial charge < -0.3 is 9.80 Å². The molecule has 2 heterocycles. The Bertz CT molecular complexity index is 955. The van der Waals surface area contributed by atoms with E-state index in [1.165, 1.54) is 0 Å². The van der Waals surface area contributed by atoms with Gasteiger partial charge in [-0.3, -0.25) is 9.78 Å². The maximum absolute atomic E-state index is 12.7. The van der Waals surface area contributed by atoms with E-state index >= 15 is 0 Å². The van der Waals surface area contributed by atoms with Crippen LogP contribution < -0.4 is 4.90 Å². The van der Waals surface area contributed by atoms with Crippen LogP contribution in [0.2, 0.25) is 0 Å². The highest BCUT2D eigenvalue weighted by Crippen LogP contribution is 2.19. The zero-order valence-electron chi connectivity index (χ0n) is 16.8. The van der Waals surface area contributed by atoms with Crippen molar-refractivity contribution in [1.29, 1.82) is 0 Å². The molecular weight excluding hydrogens is 350 g/mol. The van der Waals surface area contributed by atoms with Crippen LogP contribution in [0.3, 0.4) is 0 Å². The first-order valence-corrected chi connectivity index (χ1v) is 9.29. The average Bonchev–Trinajstić information content (AvgIpc) is 2.73. The van der Waals surface area contributed by atoms with Crippen molar-refractivity contribution in [3.63, 3.8) is 0 Å². The van der Waals surface area contributed by atoms with Crippen LogP contribution in [0.25, 0.3) is 11.4 Å². The lowest BCUT2D eigenvalue weighted by molar-refractivity contribution is 0.0785. The Morgan fingerprint density at radius 1 is 1.00 bits per heavy atom. The van der Waals surface area contributed by atoms with Gasteiger partial charge in [0.1, 0.15) is 5.82 Å². The maximum atomic E-state index is 12.7. The van der Waals surface area contributed by atoms with Crippen molar-refractivity contribution in [2.75, 3.05) is 25.5 Å². The molecule has 0 N–H and O–H groups in total. The highest BCUT2D eigenvalue weighted by Gasteiger charge is 2.13. The molecule has 0 saturated carbocycles. The van der Waals surface area contributed by atoms with Crippen molar-refractivity contribution in [2.24, 2.45) is 0 Å². The zero-order chi connectivity index (χ0) is 20.1. The molecule has 6 heteroatoms. The molecule has 1 amide bonds. The molecule has 0 unspecified atom stereocenters. The minimum atomic E-state index is -0.0265. The van der Waals surface area contributed by atoms with Gasteiger partial charge in [0, 0.05) is 56.4 Å². The molecule has 0 aliphatic carbocycles. The molecular formula is C22H25N5O. The fourth-order valence-electron chi connectivity index (χ4n) is 2.89. The second kappa shape index (κ2) is 8.61. The Morgan fingerprint density at radius 2 is 1.71 bits per heavy atom. The fraction of sp³-hybridized carbons (Fsp3) is 0.273. The van der Waals surface area contributed by atoms with Crippen LogP contribution in [0.1, 0.15) is 28.5 Å². The van der Waals surface area contributed by atoms with Crippen LogP contribution in [0.15, 0.2) is 54.9 Å². The first-order chi connectivity index (χ1) is 13.5. The Balaban J connectivity index is 1.74. The number of hydrogen-bond donors (Lipinski definition) is 0. The molecule has 28 heavy (non-hydrogen) atoms. The van der Waals surface area contributed by atoms with Crippen molar-refractivity contribution >= 4 is 11.7 Å². The Labute approximate surface area is 165 Å². The Kier molecular flexibility index (Phi) is 5.99. The molecule has 0 spiro atoms. The molecule has 0 saturated heterocycles. The summed E-state index contributed by atoms with van der Waals surface area (Å²) in [6, 6.07) is 13.2. The van der Waals surface area contributed by atoms with Gasteiger partial charge in [0.15, 0.2) is 5.82 Å². The third-order valence-corrected chi connectivity index (χ3v) is 4.62. The van der Waals surface area contributed by atoms with Gasteiger partial charge in [-0.1, -0.05) is 12.1 Å². The summed E-state index contributed by atoms with van der Waals surface area (Å²) < 4.78 is 0. The molecule has 0 fully saturated rings. The summed E-state index contributed by atoms with van der Waals surface area (Å²) in [5.41, 5.74) is 3.53. The van der Waals surface area contributed by atoms with E-state index < -0.39 is 0 Å². The van der Waals surface area contributed by atoms with Crippen molar-refractivity contribution in [3.8, 4) is 11.4 Å². The number of amides is 1. The van der Waals surface area contributed by atoms with Crippen LogP contribution in [0.4, 0.5) is 5.82 Å². The summed E-state index contributed by atoms with van der Waals surface area (Å²) >= 11 is 0. The Morgan fingerprint density at radius 3 is 2.39 bits per heavy atom. The normalized spacial score (nSPS) is 10.6. The predicted molar refractivity (Wildman–Crippen MR) is 111 cm³/mol. The third-order valence-electron chi connectivity index (χ3n) is 4.62. The highest BCUT2D eigenvalue weighted by molar-refractivity contribution is 5.94. The summed E-state index contributed by atoms with van der Waals surface area (Å²) in [5.74, 6) is 1.50. The second-order valence-corrected chi connectivity index (χ2v) is 6.80. The van der Waals surface area contributed by atoms with Crippen LogP contribution in [-0.4, -0.2) is 46.4 Å². The number of hydrogen-bond acceptors (Lipinski definition) is 5. The molecule has 0 atom stereocenters. The van der Waals surface area contributed by atoms with E-state index in [0.29, 0.717) is 17.9 Å². The van der Waals surface area contributed by atoms with E-state index in [-0.39, 0.29) is 5.91 Å². The number of nitrogens with zero attached hydrogens (tertiary/aromatic N) is 5. The van der Waals surface area contributed by atoms with Crippen molar-refractivity contribution in [3.05, 3.63) is 71.7 Å². The van der Waals surface area contributed by atoms with E-state index in [2.05, 4.69) is 26.8 Å². The molecule has 0 bridgehead atoms. The molecule has 0 aliphatic rings. The van der Waals surface area contributed by atoms with Crippen molar-refractivity contribution < 1.29 is 4.79 Å². The van der Waals surface area contributed by atoms with Crippen molar-refractivity contribution in [1.82, 2.24) is 19.9 Å². The molecule has 3 rings (SSSR count). The number of aryl methyl sites for hydroxylation is 1. The van der Waals surface area contributed by atoms with Crippen LogP contribution in [0, 0.1) is 6.92 Å². The summed E-state index contributed by atoms with van der Waals surface area (Å²) in [6.07, 6.45) is 3.52. The van der Waals surface area contributed by atoms with Gasteiger partial charge in [0.2, 0.25) is 0 Å². The monoisotopic (exact) mass is 375 g/mol. The largest absolute Gasteiger partial charge is 0.360 e.